The van der Waals surface area contributed by atoms with Crippen LogP contribution in [-0.2, 0) is 0 Å². The Morgan fingerprint density at radius 2 is 1.37 bits per heavy atom. The minimum absolute atomic E-state index is 0.0933. The second-order valence-corrected chi connectivity index (χ2v) is 7.22. The Kier molecular flexibility index (Phi) is 5.03. The fourth-order valence-corrected chi connectivity index (χ4v) is 3.91. The topological polar surface area (TPSA) is 29.1 Å². The van der Waals surface area contributed by atoms with Crippen molar-refractivity contribution < 1.29 is 4.79 Å². The molecule has 0 spiro atoms. The van der Waals surface area contributed by atoms with E-state index in [1.807, 2.05) is 78.9 Å². The molecule has 4 aromatic carbocycles. The second kappa shape index (κ2) is 7.77. The van der Waals surface area contributed by atoms with Crippen LogP contribution in [0.2, 0.25) is 0 Å². The molecule has 0 radical (unpaired) electrons. The van der Waals surface area contributed by atoms with Crippen molar-refractivity contribution >= 4 is 32.6 Å². The van der Waals surface area contributed by atoms with Gasteiger partial charge in [0, 0.05) is 15.6 Å². The monoisotopic (exact) mass is 415 g/mol. The molecule has 1 atom stereocenters. The zero-order valence-corrected chi connectivity index (χ0v) is 16.2. The third-order valence-corrected chi connectivity index (χ3v) is 5.34. The molecule has 1 unspecified atom stereocenters. The predicted octanol–water partition coefficient (Wildman–Crippen LogP) is 6.12. The minimum Gasteiger partial charge on any atom is -0.341 e. The van der Waals surface area contributed by atoms with Crippen LogP contribution in [0.4, 0.5) is 0 Å². The van der Waals surface area contributed by atoms with Crippen LogP contribution >= 0.6 is 15.9 Å². The number of rotatable bonds is 4. The third-order valence-electron chi connectivity index (χ3n) is 4.65. The number of carbonyl (C=O) groups excluding carboxylic acids is 1. The lowest BCUT2D eigenvalue weighted by Gasteiger charge is -2.23. The van der Waals surface area contributed by atoms with Gasteiger partial charge in [0.2, 0.25) is 0 Å². The predicted molar refractivity (Wildman–Crippen MR) is 114 cm³/mol. The molecule has 0 aliphatic carbocycles. The Hall–Kier alpha value is -2.91. The summed E-state index contributed by atoms with van der Waals surface area (Å²) in [6.07, 6.45) is 0. The van der Waals surface area contributed by atoms with Crippen molar-refractivity contribution in [2.75, 3.05) is 0 Å². The van der Waals surface area contributed by atoms with Crippen molar-refractivity contribution in [2.45, 2.75) is 6.04 Å². The Balaban J connectivity index is 1.85. The smallest absolute Gasteiger partial charge is 0.252 e. The maximum absolute atomic E-state index is 12.9. The molecular weight excluding hydrogens is 398 g/mol. The molecule has 1 amide bonds. The molecule has 0 aliphatic rings. The molecule has 0 fully saturated rings. The van der Waals surface area contributed by atoms with Gasteiger partial charge in [-0.05, 0) is 34.5 Å². The van der Waals surface area contributed by atoms with Crippen LogP contribution in [0.3, 0.4) is 0 Å². The third kappa shape index (κ3) is 3.64. The maximum atomic E-state index is 12.9. The van der Waals surface area contributed by atoms with E-state index in [0.717, 1.165) is 26.4 Å². The van der Waals surface area contributed by atoms with E-state index in [0.29, 0.717) is 5.56 Å². The molecule has 0 saturated heterocycles. The summed E-state index contributed by atoms with van der Waals surface area (Å²) in [6.45, 7) is 0. The van der Waals surface area contributed by atoms with Gasteiger partial charge in [-0.25, -0.2) is 0 Å². The van der Waals surface area contributed by atoms with Gasteiger partial charge in [0.05, 0.1) is 6.04 Å². The van der Waals surface area contributed by atoms with Crippen molar-refractivity contribution in [3.63, 3.8) is 0 Å². The number of amides is 1. The van der Waals surface area contributed by atoms with Gasteiger partial charge in [-0.1, -0.05) is 94.8 Å². The zero-order chi connectivity index (χ0) is 18.6. The maximum Gasteiger partial charge on any atom is 0.252 e. The van der Waals surface area contributed by atoms with Crippen LogP contribution in [0, 0.1) is 0 Å². The van der Waals surface area contributed by atoms with E-state index in [9.17, 15) is 4.79 Å². The van der Waals surface area contributed by atoms with Crippen LogP contribution in [0.1, 0.15) is 27.5 Å². The lowest BCUT2D eigenvalue weighted by atomic mass is 9.93. The van der Waals surface area contributed by atoms with Gasteiger partial charge in [-0.2, -0.15) is 0 Å². The summed E-state index contributed by atoms with van der Waals surface area (Å²) in [5.41, 5.74) is 2.75. The molecule has 0 bridgehead atoms. The summed E-state index contributed by atoms with van der Waals surface area (Å²) < 4.78 is 0.975. The van der Waals surface area contributed by atoms with Crippen LogP contribution in [-0.4, -0.2) is 5.91 Å². The summed E-state index contributed by atoms with van der Waals surface area (Å²) in [7, 11) is 0. The molecule has 0 saturated carbocycles. The van der Waals surface area contributed by atoms with E-state index in [4.69, 9.17) is 0 Å². The second-order valence-electron chi connectivity index (χ2n) is 6.37. The number of fused-ring (bicyclic) bond motifs is 1. The summed E-state index contributed by atoms with van der Waals surface area (Å²) >= 11 is 3.71. The van der Waals surface area contributed by atoms with Crippen molar-refractivity contribution in [1.29, 1.82) is 0 Å². The van der Waals surface area contributed by atoms with Crippen LogP contribution < -0.4 is 5.32 Å². The average molecular weight is 416 g/mol. The van der Waals surface area contributed by atoms with Gasteiger partial charge in [0.1, 0.15) is 0 Å². The molecule has 2 nitrogen and oxygen atoms in total. The number of nitrogens with one attached hydrogen (secondary N) is 1. The van der Waals surface area contributed by atoms with Gasteiger partial charge >= 0.3 is 0 Å². The number of benzene rings is 4. The van der Waals surface area contributed by atoms with Crippen molar-refractivity contribution in [1.82, 2.24) is 5.32 Å². The zero-order valence-electron chi connectivity index (χ0n) is 14.6. The Labute approximate surface area is 167 Å². The minimum atomic E-state index is -0.264. The van der Waals surface area contributed by atoms with Crippen molar-refractivity contribution in [3.8, 4) is 0 Å². The highest BCUT2D eigenvalue weighted by atomic mass is 79.9. The summed E-state index contributed by atoms with van der Waals surface area (Å²) in [4.78, 5) is 12.9. The Bertz CT molecular complexity index is 1080. The quantitative estimate of drug-likeness (QED) is 0.427. The summed E-state index contributed by atoms with van der Waals surface area (Å²) in [5, 5.41) is 5.49. The molecule has 1 N–H and O–H groups in total. The van der Waals surface area contributed by atoms with Crippen LogP contribution in [0.15, 0.2) is 102 Å². The average Bonchev–Trinajstić information content (AvgIpc) is 2.73. The first-order valence-electron chi connectivity index (χ1n) is 8.82. The van der Waals surface area contributed by atoms with Crippen LogP contribution in [0.5, 0.6) is 0 Å². The first-order chi connectivity index (χ1) is 13.2. The summed E-state index contributed by atoms with van der Waals surface area (Å²) in [5.74, 6) is -0.0933. The molecule has 0 aliphatic heterocycles. The SMILES string of the molecule is O=C(NC(c1ccccc1)c1c(Br)ccc2ccccc12)c1ccccc1. The van der Waals surface area contributed by atoms with Crippen molar-refractivity contribution in [2.24, 2.45) is 0 Å². The lowest BCUT2D eigenvalue weighted by Crippen LogP contribution is -2.29. The van der Waals surface area contributed by atoms with E-state index in [-0.39, 0.29) is 11.9 Å². The number of hydrogen-bond acceptors (Lipinski definition) is 1. The number of halogens is 1. The fourth-order valence-electron chi connectivity index (χ4n) is 3.33. The van der Waals surface area contributed by atoms with Crippen LogP contribution in [0.25, 0.3) is 10.8 Å². The first kappa shape index (κ1) is 17.5. The molecule has 4 rings (SSSR count). The molecule has 0 aromatic heterocycles. The van der Waals surface area contributed by atoms with E-state index in [1.54, 1.807) is 0 Å². The van der Waals surface area contributed by atoms with Gasteiger partial charge in [-0.3, -0.25) is 4.79 Å². The Morgan fingerprint density at radius 1 is 0.741 bits per heavy atom. The Morgan fingerprint density at radius 3 is 2.11 bits per heavy atom. The number of hydrogen-bond donors (Lipinski definition) is 1. The standard InChI is InChI=1S/C24H18BrNO/c25-21-16-15-17-9-7-8-14-20(17)22(21)23(18-10-3-1-4-11-18)26-24(27)19-12-5-2-6-13-19/h1-16,23H,(H,26,27). The highest BCUT2D eigenvalue weighted by Crippen LogP contribution is 2.35. The molecule has 27 heavy (non-hydrogen) atoms. The van der Waals surface area contributed by atoms with Gasteiger partial charge in [-0.15, -0.1) is 0 Å². The van der Waals surface area contributed by atoms with Gasteiger partial charge in [0.15, 0.2) is 0 Å². The van der Waals surface area contributed by atoms with Crippen molar-refractivity contribution in [3.05, 3.63) is 118 Å². The largest absolute Gasteiger partial charge is 0.341 e. The number of carbonyl (C=O) groups is 1. The van der Waals surface area contributed by atoms with E-state index < -0.39 is 0 Å². The molecular formula is C24H18BrNO. The molecule has 3 heteroatoms. The molecule has 4 aromatic rings. The van der Waals surface area contributed by atoms with E-state index in [2.05, 4.69) is 39.4 Å². The normalized spacial score (nSPS) is 11.9. The first-order valence-corrected chi connectivity index (χ1v) is 9.61. The lowest BCUT2D eigenvalue weighted by molar-refractivity contribution is 0.0943. The highest BCUT2D eigenvalue weighted by Gasteiger charge is 2.22. The van der Waals surface area contributed by atoms with E-state index in [1.165, 1.54) is 0 Å². The highest BCUT2D eigenvalue weighted by molar-refractivity contribution is 9.10. The molecule has 0 heterocycles. The summed E-state index contributed by atoms with van der Waals surface area (Å²) in [6, 6.07) is 31.5. The fraction of sp³-hybridized carbons (Fsp3) is 0.0417. The van der Waals surface area contributed by atoms with Gasteiger partial charge in [0.25, 0.3) is 5.91 Å². The van der Waals surface area contributed by atoms with E-state index >= 15 is 0 Å². The molecule has 132 valence electrons. The van der Waals surface area contributed by atoms with Gasteiger partial charge < -0.3 is 5.32 Å².